The molecular weight excluding hydrogens is 633 g/mol. The van der Waals surface area contributed by atoms with E-state index in [9.17, 15) is 17.6 Å². The number of rotatable bonds is 9. The predicted octanol–water partition coefficient (Wildman–Crippen LogP) is 6.86. The van der Waals surface area contributed by atoms with Crippen LogP contribution in [-0.2, 0) is 15.4 Å². The molecule has 4 aromatic rings. The monoisotopic (exact) mass is 675 g/mol. The van der Waals surface area contributed by atoms with Crippen LogP contribution in [0.25, 0.3) is 11.0 Å². The smallest absolute Gasteiger partial charge is 0.257 e. The molecule has 0 radical (unpaired) electrons. The van der Waals surface area contributed by atoms with Crippen molar-refractivity contribution in [2.24, 2.45) is 0 Å². The number of carbonyl (C=O) groups excluding carboxylic acids is 1. The molecule has 3 heterocycles. The fourth-order valence-corrected chi connectivity index (χ4v) is 9.43. The Bertz CT molecular complexity index is 1910. The summed E-state index contributed by atoms with van der Waals surface area (Å²) in [7, 11) is -3.81. The average molecular weight is 676 g/mol. The first-order valence-electron chi connectivity index (χ1n) is 17.0. The average Bonchev–Trinajstić information content (AvgIpc) is 3.52. The fourth-order valence-electron chi connectivity index (χ4n) is 8.88. The first-order valence-corrected chi connectivity index (χ1v) is 18.9. The number of piperidine rings is 1. The van der Waals surface area contributed by atoms with Gasteiger partial charge in [-0.05, 0) is 106 Å². The molecule has 1 aliphatic carbocycles. The van der Waals surface area contributed by atoms with Crippen LogP contribution in [0.4, 0.5) is 14.5 Å². The third kappa shape index (κ3) is 6.34. The van der Waals surface area contributed by atoms with Gasteiger partial charge >= 0.3 is 0 Å². The van der Waals surface area contributed by atoms with Crippen molar-refractivity contribution in [3.8, 4) is 0 Å². The second-order valence-electron chi connectivity index (χ2n) is 14.1. The number of sulfonamides is 1. The van der Waals surface area contributed by atoms with E-state index in [1.807, 2.05) is 10.8 Å². The van der Waals surface area contributed by atoms with E-state index in [-0.39, 0.29) is 11.5 Å². The van der Waals surface area contributed by atoms with E-state index in [2.05, 4.69) is 70.2 Å². The van der Waals surface area contributed by atoms with Crippen LogP contribution in [0.2, 0.25) is 0 Å². The van der Waals surface area contributed by atoms with Crippen LogP contribution in [0.3, 0.4) is 0 Å². The highest BCUT2D eigenvalue weighted by molar-refractivity contribution is 7.92. The molecule has 2 atom stereocenters. The van der Waals surface area contributed by atoms with Gasteiger partial charge in [0.25, 0.3) is 5.91 Å². The topological polar surface area (TPSA) is 96.3 Å². The van der Waals surface area contributed by atoms with Crippen molar-refractivity contribution >= 4 is 32.7 Å². The number of hydrogen-bond donors (Lipinski definition) is 2. The van der Waals surface area contributed by atoms with E-state index in [1.54, 1.807) is 0 Å². The molecule has 1 saturated carbocycles. The van der Waals surface area contributed by atoms with E-state index in [4.69, 9.17) is 4.98 Å². The fraction of sp³-hybridized carbons (Fsp3) is 0.459. The van der Waals surface area contributed by atoms with Gasteiger partial charge in [0.1, 0.15) is 17.2 Å². The summed E-state index contributed by atoms with van der Waals surface area (Å²) in [6.07, 6.45) is 9.58. The SMILES string of the molecule is Cc1nc2ccccc2n1C1CC2CCC(C1)N2CCC1(c2ccccc2)CCC(NC(=O)c2c(F)ccc(NS(C)(=O)=O)c2F)CC1. The van der Waals surface area contributed by atoms with E-state index in [0.717, 1.165) is 68.4 Å². The zero-order valence-electron chi connectivity index (χ0n) is 27.5. The Morgan fingerprint density at radius 3 is 2.27 bits per heavy atom. The molecule has 3 fully saturated rings. The summed E-state index contributed by atoms with van der Waals surface area (Å²) in [5.41, 5.74) is 2.29. The number of halogens is 2. The maximum Gasteiger partial charge on any atom is 0.257 e. The highest BCUT2D eigenvalue weighted by Gasteiger charge is 2.44. The van der Waals surface area contributed by atoms with Crippen molar-refractivity contribution in [3.05, 3.63) is 95.3 Å². The number of hydrogen-bond acceptors (Lipinski definition) is 5. The van der Waals surface area contributed by atoms with Crippen LogP contribution >= 0.6 is 0 Å². The molecule has 254 valence electrons. The van der Waals surface area contributed by atoms with E-state index >= 15 is 4.39 Å². The minimum Gasteiger partial charge on any atom is -0.349 e. The molecule has 8 nitrogen and oxygen atoms in total. The Kier molecular flexibility index (Phi) is 8.78. The van der Waals surface area contributed by atoms with Crippen molar-refractivity contribution < 1.29 is 22.0 Å². The van der Waals surface area contributed by atoms with Crippen LogP contribution < -0.4 is 10.0 Å². The molecule has 3 aromatic carbocycles. The van der Waals surface area contributed by atoms with Gasteiger partial charge in [0.2, 0.25) is 10.0 Å². The number of amides is 1. The summed E-state index contributed by atoms with van der Waals surface area (Å²) in [6, 6.07) is 22.2. The van der Waals surface area contributed by atoms with Crippen LogP contribution in [0, 0.1) is 18.6 Å². The van der Waals surface area contributed by atoms with Gasteiger partial charge in [-0.1, -0.05) is 42.5 Å². The third-order valence-corrected chi connectivity index (χ3v) is 11.7. The largest absolute Gasteiger partial charge is 0.349 e. The molecule has 2 N–H and O–H groups in total. The van der Waals surface area contributed by atoms with Gasteiger partial charge in [-0.3, -0.25) is 14.4 Å². The Labute approximate surface area is 281 Å². The van der Waals surface area contributed by atoms with Gasteiger partial charge < -0.3 is 9.88 Å². The zero-order chi connectivity index (χ0) is 33.6. The first kappa shape index (κ1) is 32.7. The van der Waals surface area contributed by atoms with E-state index < -0.39 is 38.8 Å². The zero-order valence-corrected chi connectivity index (χ0v) is 28.3. The molecule has 1 aromatic heterocycles. The van der Waals surface area contributed by atoms with Crippen molar-refractivity contribution in [2.45, 2.75) is 94.3 Å². The predicted molar refractivity (Wildman–Crippen MR) is 184 cm³/mol. The normalized spacial score (nSPS) is 26.1. The molecule has 48 heavy (non-hydrogen) atoms. The maximum absolute atomic E-state index is 15.1. The van der Waals surface area contributed by atoms with Gasteiger partial charge in [-0.15, -0.1) is 0 Å². The first-order chi connectivity index (χ1) is 23.0. The molecule has 7 rings (SSSR count). The minimum absolute atomic E-state index is 0.0638. The Balaban J connectivity index is 1.03. The van der Waals surface area contributed by atoms with E-state index in [0.29, 0.717) is 31.0 Å². The molecule has 11 heteroatoms. The highest BCUT2D eigenvalue weighted by atomic mass is 32.2. The standard InChI is InChI=1S/C37H43F2N5O3S/c1-24-40-31-10-6-7-11-33(31)44(24)29-22-27-12-13-28(23-29)43(27)21-20-37(25-8-4-3-5-9-25)18-16-26(17-19-37)41-36(45)34-30(38)14-15-32(35(34)39)42-48(2,46)47/h3-11,14-15,26-29,42H,12-13,16-23H2,1-2H3,(H,41,45). The van der Waals surface area contributed by atoms with Gasteiger partial charge in [0.05, 0.1) is 23.0 Å². The molecule has 1 amide bonds. The maximum atomic E-state index is 15.1. The highest BCUT2D eigenvalue weighted by Crippen LogP contribution is 2.46. The lowest BCUT2D eigenvalue weighted by atomic mass is 9.66. The van der Waals surface area contributed by atoms with Crippen LogP contribution in [0.15, 0.2) is 66.7 Å². The number of nitrogens with one attached hydrogen (secondary N) is 2. The summed E-state index contributed by atoms with van der Waals surface area (Å²) in [5.74, 6) is -2.04. The molecule has 2 aliphatic heterocycles. The summed E-state index contributed by atoms with van der Waals surface area (Å²) in [5, 5.41) is 2.85. The number of carbonyl (C=O) groups is 1. The number of aryl methyl sites for hydroxylation is 1. The molecule has 2 bridgehead atoms. The van der Waals surface area contributed by atoms with Crippen LogP contribution in [-0.4, -0.2) is 59.7 Å². The lowest BCUT2D eigenvalue weighted by molar-refractivity contribution is 0.0847. The van der Waals surface area contributed by atoms with Gasteiger partial charge in [-0.25, -0.2) is 22.2 Å². The number of anilines is 1. The van der Waals surface area contributed by atoms with Crippen molar-refractivity contribution in [2.75, 3.05) is 17.5 Å². The van der Waals surface area contributed by atoms with Crippen LogP contribution in [0.1, 0.15) is 85.6 Å². The van der Waals surface area contributed by atoms with Gasteiger partial charge in [0, 0.05) is 24.2 Å². The second-order valence-corrected chi connectivity index (χ2v) is 15.8. The third-order valence-electron chi connectivity index (χ3n) is 11.1. The molecule has 2 unspecified atom stereocenters. The number of fused-ring (bicyclic) bond motifs is 3. The number of benzene rings is 3. The second kappa shape index (κ2) is 12.9. The van der Waals surface area contributed by atoms with Gasteiger partial charge in [-0.2, -0.15) is 0 Å². The van der Waals surface area contributed by atoms with Crippen molar-refractivity contribution in [1.82, 2.24) is 19.8 Å². The molecule has 0 spiro atoms. The van der Waals surface area contributed by atoms with Crippen molar-refractivity contribution in [1.29, 1.82) is 0 Å². The molecular formula is C37H43F2N5O3S. The van der Waals surface area contributed by atoms with Gasteiger partial charge in [0.15, 0.2) is 5.82 Å². The number of aromatic nitrogens is 2. The minimum atomic E-state index is -3.81. The summed E-state index contributed by atoms with van der Waals surface area (Å²) >= 11 is 0. The lowest BCUT2D eigenvalue weighted by Gasteiger charge is -2.45. The number of imidazole rings is 1. The Morgan fingerprint density at radius 2 is 1.58 bits per heavy atom. The molecule has 3 aliphatic rings. The molecule has 2 saturated heterocycles. The van der Waals surface area contributed by atoms with Crippen molar-refractivity contribution in [3.63, 3.8) is 0 Å². The quantitative estimate of drug-likeness (QED) is 0.202. The summed E-state index contributed by atoms with van der Waals surface area (Å²) < 4.78 is 57.6. The van der Waals surface area contributed by atoms with Crippen LogP contribution in [0.5, 0.6) is 0 Å². The number of para-hydroxylation sites is 2. The Hall–Kier alpha value is -3.83. The Morgan fingerprint density at radius 1 is 0.917 bits per heavy atom. The lowest BCUT2D eigenvalue weighted by Crippen LogP contribution is -2.47. The van der Waals surface area contributed by atoms with E-state index in [1.165, 1.54) is 23.9 Å². The number of nitrogens with zero attached hydrogens (tertiary/aromatic N) is 3. The summed E-state index contributed by atoms with van der Waals surface area (Å²) in [4.78, 5) is 20.7. The summed E-state index contributed by atoms with van der Waals surface area (Å²) in [6.45, 7) is 3.13.